The van der Waals surface area contributed by atoms with Gasteiger partial charge in [-0.1, -0.05) is 57.0 Å². The molecule has 144 valence electrons. The van der Waals surface area contributed by atoms with Crippen LogP contribution in [0.4, 0.5) is 0 Å². The first kappa shape index (κ1) is 18.2. The zero-order valence-electron chi connectivity index (χ0n) is 16.2. The number of aromatic amines is 1. The van der Waals surface area contributed by atoms with Crippen LogP contribution in [-0.2, 0) is 5.60 Å². The number of hydrogen-bond acceptors (Lipinski definition) is 3. The van der Waals surface area contributed by atoms with Crippen molar-refractivity contribution in [2.75, 3.05) is 6.54 Å². The van der Waals surface area contributed by atoms with Crippen molar-refractivity contribution in [2.24, 2.45) is 5.92 Å². The number of hydrogen-bond donors (Lipinski definition) is 2. The largest absolute Gasteiger partial charge is 0.385 e. The molecule has 5 nitrogen and oxygen atoms in total. The Morgan fingerprint density at radius 2 is 2.00 bits per heavy atom. The Morgan fingerprint density at radius 1 is 1.26 bits per heavy atom. The fraction of sp³-hybridized carbons (Fsp3) is 0.545. The normalized spacial score (nSPS) is 28.2. The Balaban J connectivity index is 1.62. The van der Waals surface area contributed by atoms with Gasteiger partial charge in [0.25, 0.3) is 5.91 Å². The number of piperidine rings is 1. The van der Waals surface area contributed by atoms with Gasteiger partial charge in [0.15, 0.2) is 0 Å². The van der Waals surface area contributed by atoms with Crippen molar-refractivity contribution >= 4 is 5.91 Å². The Kier molecular flexibility index (Phi) is 4.81. The van der Waals surface area contributed by atoms with E-state index in [2.05, 4.69) is 24.0 Å². The summed E-state index contributed by atoms with van der Waals surface area (Å²) in [7, 11) is 0. The lowest BCUT2D eigenvalue weighted by Gasteiger charge is -2.52. The molecule has 2 N–H and O–H groups in total. The maximum Gasteiger partial charge on any atom is 0.274 e. The predicted molar refractivity (Wildman–Crippen MR) is 104 cm³/mol. The molecular weight excluding hydrogens is 338 g/mol. The van der Waals surface area contributed by atoms with Gasteiger partial charge in [0.1, 0.15) is 5.69 Å². The van der Waals surface area contributed by atoms with E-state index in [-0.39, 0.29) is 17.9 Å². The Labute approximate surface area is 160 Å². The molecule has 0 radical (unpaired) electrons. The third-order valence-corrected chi connectivity index (χ3v) is 6.45. The van der Waals surface area contributed by atoms with E-state index in [1.807, 2.05) is 41.3 Å². The lowest BCUT2D eigenvalue weighted by atomic mass is 9.66. The van der Waals surface area contributed by atoms with Crippen LogP contribution in [0.5, 0.6) is 0 Å². The first-order valence-corrected chi connectivity index (χ1v) is 10.1. The number of benzene rings is 1. The molecule has 2 aliphatic rings. The fourth-order valence-electron chi connectivity index (χ4n) is 4.91. The molecule has 0 unspecified atom stereocenters. The number of amides is 1. The third-order valence-electron chi connectivity index (χ3n) is 6.45. The minimum atomic E-state index is -0.849. The van der Waals surface area contributed by atoms with E-state index in [9.17, 15) is 9.90 Å². The molecule has 1 aliphatic heterocycles. The maximum absolute atomic E-state index is 13.2. The van der Waals surface area contributed by atoms with Crippen LogP contribution in [-0.4, -0.2) is 38.7 Å². The van der Waals surface area contributed by atoms with Gasteiger partial charge < -0.3 is 10.0 Å². The van der Waals surface area contributed by atoms with E-state index < -0.39 is 5.60 Å². The number of nitrogens with one attached hydrogen (secondary N) is 1. The lowest BCUT2D eigenvalue weighted by Crippen LogP contribution is -2.59. The SMILES string of the molecule is CC(C)c1cc(C(=O)N2CC[C@](O)(c3ccccc3)[C@H]3CCCC[C@H]32)n[nH]1. The van der Waals surface area contributed by atoms with Crippen molar-refractivity contribution in [1.29, 1.82) is 0 Å². The molecule has 2 fully saturated rings. The number of rotatable bonds is 3. The minimum absolute atomic E-state index is 0.00911. The molecule has 1 saturated carbocycles. The second-order valence-electron chi connectivity index (χ2n) is 8.36. The average molecular weight is 367 g/mol. The Bertz CT molecular complexity index is 801. The van der Waals surface area contributed by atoms with Crippen LogP contribution in [0.1, 0.15) is 73.6 Å². The lowest BCUT2D eigenvalue weighted by molar-refractivity contribution is -0.110. The van der Waals surface area contributed by atoms with Gasteiger partial charge in [-0.3, -0.25) is 9.89 Å². The highest BCUT2D eigenvalue weighted by Gasteiger charge is 2.50. The zero-order valence-corrected chi connectivity index (χ0v) is 16.2. The van der Waals surface area contributed by atoms with Crippen molar-refractivity contribution in [2.45, 2.75) is 63.5 Å². The molecule has 1 aromatic carbocycles. The van der Waals surface area contributed by atoms with Gasteiger partial charge in [-0.2, -0.15) is 5.10 Å². The standard InChI is InChI=1S/C22H29N3O2/c1-15(2)18-14-19(24-23-18)21(26)25-13-12-22(27,16-8-4-3-5-9-16)17-10-6-7-11-20(17)25/h3-5,8-9,14-15,17,20,27H,6-7,10-13H2,1-2H3,(H,23,24)/t17-,20+,22-/m0/s1. The number of nitrogens with zero attached hydrogens (tertiary/aromatic N) is 2. The van der Waals surface area contributed by atoms with Gasteiger partial charge >= 0.3 is 0 Å². The predicted octanol–water partition coefficient (Wildman–Crippen LogP) is 3.83. The molecule has 27 heavy (non-hydrogen) atoms. The van der Waals surface area contributed by atoms with E-state index in [4.69, 9.17) is 0 Å². The molecule has 1 aromatic heterocycles. The monoisotopic (exact) mass is 367 g/mol. The number of carbonyl (C=O) groups excluding carboxylic acids is 1. The fourth-order valence-corrected chi connectivity index (χ4v) is 4.91. The van der Waals surface area contributed by atoms with E-state index in [0.29, 0.717) is 24.6 Å². The molecule has 2 heterocycles. The van der Waals surface area contributed by atoms with Gasteiger partial charge in [-0.05, 0) is 36.8 Å². The van der Waals surface area contributed by atoms with Crippen LogP contribution in [0.2, 0.25) is 0 Å². The summed E-state index contributed by atoms with van der Waals surface area (Å²) in [5.74, 6) is 0.381. The number of H-pyrrole nitrogens is 1. The van der Waals surface area contributed by atoms with Crippen molar-refractivity contribution in [3.63, 3.8) is 0 Å². The highest BCUT2D eigenvalue weighted by Crippen LogP contribution is 2.47. The summed E-state index contributed by atoms with van der Waals surface area (Å²) in [6.07, 6.45) is 4.70. The molecule has 5 heteroatoms. The molecule has 0 spiro atoms. The second-order valence-corrected chi connectivity index (χ2v) is 8.36. The quantitative estimate of drug-likeness (QED) is 0.866. The summed E-state index contributed by atoms with van der Waals surface area (Å²) < 4.78 is 0. The van der Waals surface area contributed by atoms with E-state index in [1.165, 1.54) is 0 Å². The molecule has 0 bridgehead atoms. The van der Waals surface area contributed by atoms with Crippen LogP contribution in [0.15, 0.2) is 36.4 Å². The molecule has 2 aromatic rings. The summed E-state index contributed by atoms with van der Waals surface area (Å²) in [6.45, 7) is 4.73. The summed E-state index contributed by atoms with van der Waals surface area (Å²) >= 11 is 0. The average Bonchev–Trinajstić information content (AvgIpc) is 3.19. The molecule has 3 atom stereocenters. The summed E-state index contributed by atoms with van der Waals surface area (Å²) in [4.78, 5) is 15.2. The van der Waals surface area contributed by atoms with Gasteiger partial charge in [-0.15, -0.1) is 0 Å². The number of aromatic nitrogens is 2. The second kappa shape index (κ2) is 7.12. The highest BCUT2D eigenvalue weighted by atomic mass is 16.3. The number of aliphatic hydroxyl groups is 1. The molecule has 4 rings (SSSR count). The van der Waals surface area contributed by atoms with Crippen LogP contribution in [0.3, 0.4) is 0 Å². The zero-order chi connectivity index (χ0) is 19.0. The van der Waals surface area contributed by atoms with Gasteiger partial charge in [-0.25, -0.2) is 0 Å². The van der Waals surface area contributed by atoms with Crippen molar-refractivity contribution in [3.8, 4) is 0 Å². The number of carbonyl (C=O) groups is 1. The van der Waals surface area contributed by atoms with Crippen molar-refractivity contribution in [1.82, 2.24) is 15.1 Å². The minimum Gasteiger partial charge on any atom is -0.385 e. The number of fused-ring (bicyclic) bond motifs is 1. The van der Waals surface area contributed by atoms with Crippen molar-refractivity contribution in [3.05, 3.63) is 53.3 Å². The molecule has 1 aliphatic carbocycles. The van der Waals surface area contributed by atoms with Gasteiger partial charge in [0.05, 0.1) is 5.60 Å². The molecular formula is C22H29N3O2. The van der Waals surface area contributed by atoms with Crippen molar-refractivity contribution < 1.29 is 9.90 Å². The number of likely N-dealkylation sites (tertiary alicyclic amines) is 1. The van der Waals surface area contributed by atoms with Crippen LogP contribution >= 0.6 is 0 Å². The Hall–Kier alpha value is -2.14. The summed E-state index contributed by atoms with van der Waals surface area (Å²) in [6, 6.07) is 11.9. The van der Waals surface area contributed by atoms with E-state index >= 15 is 0 Å². The first-order chi connectivity index (χ1) is 13.0. The summed E-state index contributed by atoms with van der Waals surface area (Å²) in [5.41, 5.74) is 1.61. The first-order valence-electron chi connectivity index (χ1n) is 10.1. The molecule has 1 amide bonds. The van der Waals surface area contributed by atoms with E-state index in [1.54, 1.807) is 0 Å². The van der Waals surface area contributed by atoms with E-state index in [0.717, 1.165) is 36.9 Å². The third kappa shape index (κ3) is 3.18. The smallest absolute Gasteiger partial charge is 0.274 e. The highest BCUT2D eigenvalue weighted by molar-refractivity contribution is 5.92. The van der Waals surface area contributed by atoms with Crippen LogP contribution in [0, 0.1) is 5.92 Å². The molecule has 1 saturated heterocycles. The Morgan fingerprint density at radius 3 is 2.70 bits per heavy atom. The van der Waals surface area contributed by atoms with Gasteiger partial charge in [0.2, 0.25) is 0 Å². The maximum atomic E-state index is 13.2. The topological polar surface area (TPSA) is 69.2 Å². The van der Waals surface area contributed by atoms with Crippen LogP contribution in [0.25, 0.3) is 0 Å². The van der Waals surface area contributed by atoms with Gasteiger partial charge in [0, 0.05) is 24.2 Å². The summed E-state index contributed by atoms with van der Waals surface area (Å²) in [5, 5.41) is 18.9. The van der Waals surface area contributed by atoms with Crippen LogP contribution < -0.4 is 0 Å².